The molecule has 1 fully saturated rings. The standard InChI is InChI=1S/C14H23NO3/c1-5-11(17-4)10(3)13-14(18-13)12(16)9(2)7-6-8-15/h6-7,9-14,16H,5H2,1-4H3/b7-6+/t9-,10-,11+,12+,13-,14-/m1/s1. The van der Waals surface area contributed by atoms with Crippen molar-refractivity contribution in [2.75, 3.05) is 7.11 Å². The van der Waals surface area contributed by atoms with Crippen LogP contribution >= 0.6 is 0 Å². The number of allylic oxidation sites excluding steroid dienone is 1. The maximum Gasteiger partial charge on any atom is 0.111 e. The highest BCUT2D eigenvalue weighted by Gasteiger charge is 2.50. The van der Waals surface area contributed by atoms with Crippen molar-refractivity contribution in [1.29, 1.82) is 5.26 Å². The van der Waals surface area contributed by atoms with E-state index < -0.39 is 6.10 Å². The summed E-state index contributed by atoms with van der Waals surface area (Å²) >= 11 is 0. The Bertz CT molecular complexity index is 319. The van der Waals surface area contributed by atoms with Crippen LogP contribution in [0.25, 0.3) is 0 Å². The van der Waals surface area contributed by atoms with Crippen LogP contribution in [0.3, 0.4) is 0 Å². The fourth-order valence-corrected chi connectivity index (χ4v) is 2.41. The van der Waals surface area contributed by atoms with Gasteiger partial charge >= 0.3 is 0 Å². The topological polar surface area (TPSA) is 65.8 Å². The Balaban J connectivity index is 2.48. The Morgan fingerprint density at radius 2 is 2.11 bits per heavy atom. The number of aliphatic hydroxyl groups is 1. The molecule has 0 spiro atoms. The molecule has 0 aliphatic carbocycles. The van der Waals surface area contributed by atoms with Gasteiger partial charge in [-0.05, 0) is 6.42 Å². The molecule has 1 rings (SSSR count). The summed E-state index contributed by atoms with van der Waals surface area (Å²) in [5, 5.41) is 18.6. The molecule has 1 heterocycles. The van der Waals surface area contributed by atoms with Gasteiger partial charge in [0.25, 0.3) is 0 Å². The molecule has 1 saturated heterocycles. The zero-order valence-electron chi connectivity index (χ0n) is 11.5. The Hall–Kier alpha value is -0.890. The SMILES string of the molecule is CC[C@H](OC)[C@@H](C)[C@H]1O[C@@H]1[C@@H](O)[C@H](C)/C=C/C#N. The molecular formula is C14H23NO3. The van der Waals surface area contributed by atoms with Crippen LogP contribution in [0.5, 0.6) is 0 Å². The summed E-state index contributed by atoms with van der Waals surface area (Å²) in [6.07, 6.45) is 3.57. The van der Waals surface area contributed by atoms with E-state index in [9.17, 15) is 5.11 Å². The first-order chi connectivity index (χ1) is 8.56. The molecule has 102 valence electrons. The monoisotopic (exact) mass is 253 g/mol. The number of rotatable bonds is 7. The van der Waals surface area contributed by atoms with Crippen molar-refractivity contribution >= 4 is 0 Å². The summed E-state index contributed by atoms with van der Waals surface area (Å²) < 4.78 is 11.0. The van der Waals surface area contributed by atoms with Gasteiger partial charge in [-0.3, -0.25) is 0 Å². The fourth-order valence-electron chi connectivity index (χ4n) is 2.41. The normalized spacial score (nSPS) is 29.6. The van der Waals surface area contributed by atoms with Gasteiger partial charge in [0.1, 0.15) is 6.10 Å². The van der Waals surface area contributed by atoms with Crippen LogP contribution in [0.2, 0.25) is 0 Å². The Morgan fingerprint density at radius 3 is 2.61 bits per heavy atom. The average molecular weight is 253 g/mol. The Kier molecular flexibility index (Phi) is 5.80. The molecule has 0 amide bonds. The number of epoxide rings is 1. The highest BCUT2D eigenvalue weighted by atomic mass is 16.6. The quantitative estimate of drug-likeness (QED) is 0.556. The van der Waals surface area contributed by atoms with Crippen LogP contribution in [-0.2, 0) is 9.47 Å². The van der Waals surface area contributed by atoms with Gasteiger partial charge in [0, 0.05) is 25.0 Å². The van der Waals surface area contributed by atoms with Crippen LogP contribution in [-0.4, -0.2) is 36.6 Å². The van der Waals surface area contributed by atoms with Crippen LogP contribution in [0.1, 0.15) is 27.2 Å². The number of aliphatic hydroxyl groups excluding tert-OH is 1. The van der Waals surface area contributed by atoms with Gasteiger partial charge < -0.3 is 14.6 Å². The maximum atomic E-state index is 10.1. The van der Waals surface area contributed by atoms with E-state index >= 15 is 0 Å². The third-order valence-electron chi connectivity index (χ3n) is 3.72. The third kappa shape index (κ3) is 3.55. The highest BCUT2D eigenvalue weighted by molar-refractivity contribution is 5.07. The van der Waals surface area contributed by atoms with Gasteiger partial charge in [-0.15, -0.1) is 0 Å². The molecule has 6 atom stereocenters. The van der Waals surface area contributed by atoms with Crippen LogP contribution in [0.4, 0.5) is 0 Å². The largest absolute Gasteiger partial charge is 0.390 e. The second-order valence-corrected chi connectivity index (χ2v) is 4.94. The second kappa shape index (κ2) is 6.89. The molecule has 0 saturated carbocycles. The first-order valence-corrected chi connectivity index (χ1v) is 6.49. The fraction of sp³-hybridized carbons (Fsp3) is 0.786. The predicted octanol–water partition coefficient (Wildman–Crippen LogP) is 1.89. The molecular weight excluding hydrogens is 230 g/mol. The minimum absolute atomic E-state index is 0.0582. The van der Waals surface area contributed by atoms with Gasteiger partial charge in [-0.2, -0.15) is 5.26 Å². The number of hydrogen-bond donors (Lipinski definition) is 1. The van der Waals surface area contributed by atoms with Gasteiger partial charge in [0.2, 0.25) is 0 Å². The summed E-state index contributed by atoms with van der Waals surface area (Å²) in [6.45, 7) is 6.05. The van der Waals surface area contributed by atoms with Crippen molar-refractivity contribution < 1.29 is 14.6 Å². The lowest BCUT2D eigenvalue weighted by Gasteiger charge is -2.20. The molecule has 1 N–H and O–H groups in total. The number of ether oxygens (including phenoxy) is 2. The summed E-state index contributed by atoms with van der Waals surface area (Å²) in [6, 6.07) is 1.93. The van der Waals surface area contributed by atoms with Crippen LogP contribution < -0.4 is 0 Å². The summed E-state index contributed by atoms with van der Waals surface area (Å²) in [5.41, 5.74) is 0. The van der Waals surface area contributed by atoms with Gasteiger partial charge in [0.15, 0.2) is 0 Å². The first kappa shape index (κ1) is 15.2. The van der Waals surface area contributed by atoms with E-state index in [4.69, 9.17) is 14.7 Å². The molecule has 0 unspecified atom stereocenters. The van der Waals surface area contributed by atoms with Crippen LogP contribution in [0.15, 0.2) is 12.2 Å². The zero-order chi connectivity index (χ0) is 13.7. The number of nitrogens with zero attached hydrogens (tertiary/aromatic N) is 1. The van der Waals surface area contributed by atoms with Gasteiger partial charge in [-0.1, -0.05) is 26.8 Å². The summed E-state index contributed by atoms with van der Waals surface area (Å²) in [7, 11) is 1.71. The zero-order valence-corrected chi connectivity index (χ0v) is 11.5. The lowest BCUT2D eigenvalue weighted by atomic mass is 9.92. The number of nitriles is 1. The van der Waals surface area contributed by atoms with Crippen molar-refractivity contribution in [3.63, 3.8) is 0 Å². The van der Waals surface area contributed by atoms with Gasteiger partial charge in [-0.25, -0.2) is 0 Å². The minimum atomic E-state index is -0.559. The Morgan fingerprint density at radius 1 is 1.44 bits per heavy atom. The molecule has 0 bridgehead atoms. The molecule has 0 aromatic heterocycles. The van der Waals surface area contributed by atoms with E-state index in [-0.39, 0.29) is 30.1 Å². The molecule has 0 aromatic rings. The highest BCUT2D eigenvalue weighted by Crippen LogP contribution is 2.37. The maximum absolute atomic E-state index is 10.1. The minimum Gasteiger partial charge on any atom is -0.390 e. The van der Waals surface area contributed by atoms with E-state index in [0.717, 1.165) is 6.42 Å². The molecule has 4 nitrogen and oxygen atoms in total. The molecule has 1 aliphatic heterocycles. The lowest BCUT2D eigenvalue weighted by molar-refractivity contribution is 0.0445. The first-order valence-electron chi connectivity index (χ1n) is 6.49. The second-order valence-electron chi connectivity index (χ2n) is 4.94. The molecule has 18 heavy (non-hydrogen) atoms. The van der Waals surface area contributed by atoms with Crippen molar-refractivity contribution in [2.45, 2.75) is 51.6 Å². The molecule has 1 aliphatic rings. The molecule has 4 heteroatoms. The van der Waals surface area contributed by atoms with Gasteiger partial charge in [0.05, 0.1) is 24.4 Å². The van der Waals surface area contributed by atoms with Crippen molar-refractivity contribution in [2.24, 2.45) is 11.8 Å². The van der Waals surface area contributed by atoms with Crippen LogP contribution in [0, 0.1) is 23.2 Å². The molecule has 0 aromatic carbocycles. The third-order valence-corrected chi connectivity index (χ3v) is 3.72. The number of methoxy groups -OCH3 is 1. The van der Waals surface area contributed by atoms with E-state index in [1.54, 1.807) is 13.2 Å². The van der Waals surface area contributed by atoms with Crippen molar-refractivity contribution in [3.05, 3.63) is 12.2 Å². The van der Waals surface area contributed by atoms with E-state index in [2.05, 4.69) is 13.8 Å². The van der Waals surface area contributed by atoms with E-state index in [1.165, 1.54) is 6.08 Å². The average Bonchev–Trinajstić information content (AvgIpc) is 3.16. The summed E-state index contributed by atoms with van der Waals surface area (Å²) in [5.74, 6) is 0.196. The predicted molar refractivity (Wildman–Crippen MR) is 68.8 cm³/mol. The Labute approximate surface area is 109 Å². The van der Waals surface area contributed by atoms with Crippen molar-refractivity contribution in [1.82, 2.24) is 0 Å². The van der Waals surface area contributed by atoms with E-state index in [0.29, 0.717) is 0 Å². The summed E-state index contributed by atoms with van der Waals surface area (Å²) in [4.78, 5) is 0. The lowest BCUT2D eigenvalue weighted by Crippen LogP contribution is -2.30. The van der Waals surface area contributed by atoms with Crippen molar-refractivity contribution in [3.8, 4) is 6.07 Å². The van der Waals surface area contributed by atoms with E-state index in [1.807, 2.05) is 13.0 Å². The number of hydrogen-bond acceptors (Lipinski definition) is 4. The molecule has 0 radical (unpaired) electrons. The smallest absolute Gasteiger partial charge is 0.111 e.